The molecular weight excluding hydrogens is 210 g/mol. The first-order chi connectivity index (χ1) is 8.25. The Morgan fingerprint density at radius 2 is 1.94 bits per heavy atom. The highest BCUT2D eigenvalue weighted by Gasteiger charge is 2.20. The molecule has 0 aromatic rings. The Hall–Kier alpha value is -0.120. The summed E-state index contributed by atoms with van der Waals surface area (Å²) in [6, 6.07) is 1.59. The van der Waals surface area contributed by atoms with Gasteiger partial charge in [0.1, 0.15) is 0 Å². The van der Waals surface area contributed by atoms with Crippen LogP contribution in [0, 0.1) is 0 Å². The van der Waals surface area contributed by atoms with Gasteiger partial charge in [-0.05, 0) is 46.3 Å². The van der Waals surface area contributed by atoms with E-state index in [9.17, 15) is 0 Å². The first-order valence-electron chi connectivity index (χ1n) is 7.38. The molecule has 2 aliphatic rings. The van der Waals surface area contributed by atoms with E-state index in [1.54, 1.807) is 0 Å². The summed E-state index contributed by atoms with van der Waals surface area (Å²) in [6.07, 6.45) is 8.43. The van der Waals surface area contributed by atoms with Crippen LogP contribution in [0.4, 0.5) is 0 Å². The first kappa shape index (κ1) is 13.3. The van der Waals surface area contributed by atoms with Gasteiger partial charge >= 0.3 is 0 Å². The van der Waals surface area contributed by atoms with Gasteiger partial charge in [0.2, 0.25) is 0 Å². The number of hydrogen-bond donors (Lipinski definition) is 1. The van der Waals surface area contributed by atoms with Crippen LogP contribution in [0.15, 0.2) is 0 Å². The highest BCUT2D eigenvalue weighted by Crippen LogP contribution is 2.21. The van der Waals surface area contributed by atoms with E-state index in [1.807, 2.05) is 0 Å². The number of likely N-dealkylation sites (tertiary alicyclic amines) is 1. The molecule has 100 valence electrons. The molecule has 1 heterocycles. The van der Waals surface area contributed by atoms with Crippen molar-refractivity contribution in [3.8, 4) is 0 Å². The summed E-state index contributed by atoms with van der Waals surface area (Å²) in [6.45, 7) is 4.88. The van der Waals surface area contributed by atoms with Crippen LogP contribution >= 0.6 is 0 Å². The lowest BCUT2D eigenvalue weighted by molar-refractivity contribution is 0.208. The third-order valence-corrected chi connectivity index (χ3v) is 4.47. The minimum atomic E-state index is 0.728. The van der Waals surface area contributed by atoms with Crippen molar-refractivity contribution in [2.75, 3.05) is 40.3 Å². The third kappa shape index (κ3) is 4.23. The lowest BCUT2D eigenvalue weighted by Crippen LogP contribution is -2.46. The quantitative estimate of drug-likeness (QED) is 0.785. The van der Waals surface area contributed by atoms with E-state index in [0.29, 0.717) is 0 Å². The minimum Gasteiger partial charge on any atom is -0.311 e. The topological polar surface area (TPSA) is 18.5 Å². The summed E-state index contributed by atoms with van der Waals surface area (Å²) in [5, 5.41) is 3.72. The molecule has 0 spiro atoms. The Labute approximate surface area is 107 Å². The standard InChI is InChI=1S/C14H29N3/c1-16-10-5-6-13(12-16)15-9-11-17(2)14-7-3-4-8-14/h13-15H,3-12H2,1-2H3. The van der Waals surface area contributed by atoms with E-state index >= 15 is 0 Å². The van der Waals surface area contributed by atoms with Crippen molar-refractivity contribution in [2.24, 2.45) is 0 Å². The molecule has 3 heteroatoms. The van der Waals surface area contributed by atoms with E-state index in [2.05, 4.69) is 29.2 Å². The summed E-state index contributed by atoms with van der Waals surface area (Å²) < 4.78 is 0. The Morgan fingerprint density at radius 3 is 2.65 bits per heavy atom. The van der Waals surface area contributed by atoms with Crippen LogP contribution < -0.4 is 5.32 Å². The van der Waals surface area contributed by atoms with Gasteiger partial charge in [-0.15, -0.1) is 0 Å². The summed E-state index contributed by atoms with van der Waals surface area (Å²) in [4.78, 5) is 5.01. The second-order valence-corrected chi connectivity index (χ2v) is 5.97. The molecule has 0 bridgehead atoms. The lowest BCUT2D eigenvalue weighted by atomic mass is 10.1. The van der Waals surface area contributed by atoms with Crippen LogP contribution in [0.5, 0.6) is 0 Å². The van der Waals surface area contributed by atoms with Gasteiger partial charge < -0.3 is 15.1 Å². The summed E-state index contributed by atoms with van der Waals surface area (Å²) >= 11 is 0. The molecule has 0 amide bonds. The predicted octanol–water partition coefficient (Wildman–Crippen LogP) is 1.54. The number of nitrogens with one attached hydrogen (secondary N) is 1. The Balaban J connectivity index is 1.58. The SMILES string of the molecule is CN1CCCC(NCCN(C)C2CCCC2)C1. The third-order valence-electron chi connectivity index (χ3n) is 4.47. The molecule has 1 aliphatic carbocycles. The van der Waals surface area contributed by atoms with Crippen LogP contribution in [0.1, 0.15) is 38.5 Å². The monoisotopic (exact) mass is 239 g/mol. The molecule has 0 aromatic carbocycles. The van der Waals surface area contributed by atoms with Crippen molar-refractivity contribution >= 4 is 0 Å². The highest BCUT2D eigenvalue weighted by atomic mass is 15.2. The van der Waals surface area contributed by atoms with Gasteiger partial charge in [-0.25, -0.2) is 0 Å². The maximum atomic E-state index is 3.72. The summed E-state index contributed by atoms with van der Waals surface area (Å²) in [7, 11) is 4.53. The molecule has 0 radical (unpaired) electrons. The van der Waals surface area contributed by atoms with E-state index in [1.165, 1.54) is 58.2 Å². The Morgan fingerprint density at radius 1 is 1.18 bits per heavy atom. The highest BCUT2D eigenvalue weighted by molar-refractivity contribution is 4.78. The number of rotatable bonds is 5. The maximum absolute atomic E-state index is 3.72. The average Bonchev–Trinajstić information content (AvgIpc) is 2.82. The molecular formula is C14H29N3. The van der Waals surface area contributed by atoms with Crippen molar-refractivity contribution in [2.45, 2.75) is 50.6 Å². The molecule has 1 atom stereocenters. The van der Waals surface area contributed by atoms with Crippen LogP contribution in [0.3, 0.4) is 0 Å². The Kier molecular flexibility index (Phi) is 5.26. The summed E-state index contributed by atoms with van der Waals surface area (Å²) in [5.41, 5.74) is 0. The van der Waals surface area contributed by atoms with Gasteiger partial charge in [-0.2, -0.15) is 0 Å². The second-order valence-electron chi connectivity index (χ2n) is 5.97. The number of likely N-dealkylation sites (N-methyl/N-ethyl adjacent to an activating group) is 2. The van der Waals surface area contributed by atoms with Crippen LogP contribution in [0.2, 0.25) is 0 Å². The van der Waals surface area contributed by atoms with Gasteiger partial charge in [0.25, 0.3) is 0 Å². The molecule has 0 aromatic heterocycles. The van der Waals surface area contributed by atoms with E-state index in [0.717, 1.165) is 18.6 Å². The molecule has 1 aliphatic heterocycles. The fourth-order valence-corrected chi connectivity index (χ4v) is 3.31. The van der Waals surface area contributed by atoms with Crippen LogP contribution in [-0.2, 0) is 0 Å². The number of piperidine rings is 1. The number of nitrogens with zero attached hydrogens (tertiary/aromatic N) is 2. The largest absolute Gasteiger partial charge is 0.311 e. The van der Waals surface area contributed by atoms with E-state index in [4.69, 9.17) is 0 Å². The molecule has 3 nitrogen and oxygen atoms in total. The molecule has 1 saturated heterocycles. The lowest BCUT2D eigenvalue weighted by Gasteiger charge is -2.31. The molecule has 1 saturated carbocycles. The zero-order valence-electron chi connectivity index (χ0n) is 11.6. The average molecular weight is 239 g/mol. The molecule has 17 heavy (non-hydrogen) atoms. The van der Waals surface area contributed by atoms with Crippen molar-refractivity contribution < 1.29 is 0 Å². The molecule has 1 N–H and O–H groups in total. The fraction of sp³-hybridized carbons (Fsp3) is 1.00. The molecule has 1 unspecified atom stereocenters. The van der Waals surface area contributed by atoms with Gasteiger partial charge in [-0.3, -0.25) is 0 Å². The van der Waals surface area contributed by atoms with Crippen molar-refractivity contribution in [1.29, 1.82) is 0 Å². The first-order valence-corrected chi connectivity index (χ1v) is 7.38. The van der Waals surface area contributed by atoms with E-state index < -0.39 is 0 Å². The van der Waals surface area contributed by atoms with Gasteiger partial charge in [0.05, 0.1) is 0 Å². The van der Waals surface area contributed by atoms with Crippen molar-refractivity contribution in [3.05, 3.63) is 0 Å². The van der Waals surface area contributed by atoms with E-state index in [-0.39, 0.29) is 0 Å². The summed E-state index contributed by atoms with van der Waals surface area (Å²) in [5.74, 6) is 0. The zero-order chi connectivity index (χ0) is 12.1. The fourth-order valence-electron chi connectivity index (χ4n) is 3.31. The van der Waals surface area contributed by atoms with Crippen molar-refractivity contribution in [1.82, 2.24) is 15.1 Å². The molecule has 2 rings (SSSR count). The van der Waals surface area contributed by atoms with Crippen LogP contribution in [-0.4, -0.2) is 62.2 Å². The number of hydrogen-bond acceptors (Lipinski definition) is 3. The van der Waals surface area contributed by atoms with Gasteiger partial charge in [0, 0.05) is 31.7 Å². The van der Waals surface area contributed by atoms with Gasteiger partial charge in [0.15, 0.2) is 0 Å². The van der Waals surface area contributed by atoms with Gasteiger partial charge in [-0.1, -0.05) is 12.8 Å². The normalized spacial score (nSPS) is 28.1. The Bertz CT molecular complexity index is 212. The minimum absolute atomic E-state index is 0.728. The van der Waals surface area contributed by atoms with Crippen molar-refractivity contribution in [3.63, 3.8) is 0 Å². The smallest absolute Gasteiger partial charge is 0.0195 e. The predicted molar refractivity (Wildman–Crippen MR) is 73.4 cm³/mol. The zero-order valence-corrected chi connectivity index (χ0v) is 11.6. The second kappa shape index (κ2) is 6.72. The maximum Gasteiger partial charge on any atom is 0.0195 e. The van der Waals surface area contributed by atoms with Crippen LogP contribution in [0.25, 0.3) is 0 Å². The molecule has 2 fully saturated rings.